The summed E-state index contributed by atoms with van der Waals surface area (Å²) in [5, 5.41) is 5.53. The number of carbonyl (C=O) groups excluding carboxylic acids is 1. The SMILES string of the molecule is C=CC(=O)N1CCCC(n2nc(-c3ccc(Oc4ccc(OS(=O)O)cc4)cc3)c3c(N)ncnc32)C1. The Kier molecular flexibility index (Phi) is 6.84. The number of anilines is 1. The Morgan fingerprint density at radius 1 is 1.11 bits per heavy atom. The maximum absolute atomic E-state index is 12.2. The van der Waals surface area contributed by atoms with E-state index in [1.165, 1.54) is 24.5 Å². The summed E-state index contributed by atoms with van der Waals surface area (Å²) in [4.78, 5) is 22.6. The smallest absolute Gasteiger partial charge is 0.357 e. The zero-order valence-electron chi connectivity index (χ0n) is 19.7. The Bertz CT molecular complexity index is 1470. The molecule has 0 radical (unpaired) electrons. The number of hydrogen-bond acceptors (Lipinski definition) is 8. The second kappa shape index (κ2) is 10.4. The van der Waals surface area contributed by atoms with E-state index in [2.05, 4.69) is 16.5 Å². The number of nitrogens with two attached hydrogens (primary N) is 1. The van der Waals surface area contributed by atoms with Gasteiger partial charge in [-0.05, 0) is 67.4 Å². The summed E-state index contributed by atoms with van der Waals surface area (Å²) in [7, 11) is 0. The second-order valence-electron chi connectivity index (χ2n) is 8.43. The Hall–Kier alpha value is -4.29. The summed E-state index contributed by atoms with van der Waals surface area (Å²) in [5.41, 5.74) is 8.33. The van der Waals surface area contributed by atoms with E-state index in [-0.39, 0.29) is 17.7 Å². The molecule has 3 heterocycles. The molecule has 0 aliphatic carbocycles. The zero-order valence-corrected chi connectivity index (χ0v) is 20.5. The number of carbonyl (C=O) groups is 1. The van der Waals surface area contributed by atoms with Crippen molar-refractivity contribution in [2.75, 3.05) is 18.8 Å². The Morgan fingerprint density at radius 2 is 1.78 bits per heavy atom. The first kappa shape index (κ1) is 24.4. The first-order chi connectivity index (χ1) is 17.9. The van der Waals surface area contributed by atoms with Crippen LogP contribution in [0.25, 0.3) is 22.3 Å². The molecule has 0 spiro atoms. The predicted molar refractivity (Wildman–Crippen MR) is 138 cm³/mol. The van der Waals surface area contributed by atoms with Crippen molar-refractivity contribution in [3.8, 4) is 28.5 Å². The zero-order chi connectivity index (χ0) is 25.9. The molecule has 190 valence electrons. The summed E-state index contributed by atoms with van der Waals surface area (Å²) in [6.45, 7) is 4.79. The Labute approximate surface area is 215 Å². The van der Waals surface area contributed by atoms with Crippen LogP contribution in [0.4, 0.5) is 5.82 Å². The lowest BCUT2D eigenvalue weighted by Crippen LogP contribution is -2.40. The monoisotopic (exact) mass is 520 g/mol. The molecule has 2 aromatic heterocycles. The highest BCUT2D eigenvalue weighted by Gasteiger charge is 2.28. The lowest BCUT2D eigenvalue weighted by Gasteiger charge is -2.32. The number of hydrogen-bond donors (Lipinski definition) is 2. The largest absolute Gasteiger partial charge is 0.457 e. The van der Waals surface area contributed by atoms with Crippen molar-refractivity contribution in [3.63, 3.8) is 0 Å². The molecule has 2 atom stereocenters. The molecule has 2 aromatic carbocycles. The van der Waals surface area contributed by atoms with E-state index in [0.29, 0.717) is 47.1 Å². The number of aromatic nitrogens is 4. The van der Waals surface area contributed by atoms with Crippen LogP contribution >= 0.6 is 0 Å². The van der Waals surface area contributed by atoms with Crippen LogP contribution in [0.3, 0.4) is 0 Å². The number of piperidine rings is 1. The van der Waals surface area contributed by atoms with Gasteiger partial charge in [0.25, 0.3) is 0 Å². The third-order valence-corrected chi connectivity index (χ3v) is 6.44. The van der Waals surface area contributed by atoms with Crippen LogP contribution in [0.2, 0.25) is 0 Å². The average Bonchev–Trinajstić information content (AvgIpc) is 3.31. The van der Waals surface area contributed by atoms with Crippen LogP contribution in [0.1, 0.15) is 18.9 Å². The Balaban J connectivity index is 1.42. The van der Waals surface area contributed by atoms with E-state index in [1.807, 2.05) is 16.8 Å². The van der Waals surface area contributed by atoms with Gasteiger partial charge in [0, 0.05) is 18.7 Å². The molecular formula is C25H24N6O5S. The first-order valence-corrected chi connectivity index (χ1v) is 12.5. The van der Waals surface area contributed by atoms with Gasteiger partial charge in [-0.3, -0.25) is 9.35 Å². The lowest BCUT2D eigenvalue weighted by atomic mass is 10.1. The average molecular weight is 521 g/mol. The van der Waals surface area contributed by atoms with Crippen molar-refractivity contribution >= 4 is 34.1 Å². The molecule has 37 heavy (non-hydrogen) atoms. The standard InChI is InChI=1S/C25H24N6O5S/c1-2-21(32)30-13-3-4-17(14-30)31-25-22(24(26)27-15-28-25)23(29-31)16-5-7-18(8-6-16)35-19-9-11-20(12-10-19)36-37(33)34/h2,5-12,15,17H,1,3-4,13-14H2,(H,33,34)(H2,26,27,28). The molecular weight excluding hydrogens is 496 g/mol. The molecule has 3 N–H and O–H groups in total. The number of nitrogens with zero attached hydrogens (tertiary/aromatic N) is 5. The van der Waals surface area contributed by atoms with Crippen molar-refractivity contribution in [2.45, 2.75) is 18.9 Å². The number of ether oxygens (including phenoxy) is 1. The van der Waals surface area contributed by atoms with Crippen molar-refractivity contribution in [1.29, 1.82) is 0 Å². The molecule has 2 unspecified atom stereocenters. The van der Waals surface area contributed by atoms with Crippen LogP contribution in [-0.2, 0) is 16.2 Å². The molecule has 1 fully saturated rings. The quantitative estimate of drug-likeness (QED) is 0.275. The molecule has 0 saturated carbocycles. The number of fused-ring (bicyclic) bond motifs is 1. The van der Waals surface area contributed by atoms with E-state index in [1.54, 1.807) is 29.2 Å². The molecule has 1 aliphatic rings. The highest BCUT2D eigenvalue weighted by atomic mass is 32.2. The van der Waals surface area contributed by atoms with Gasteiger partial charge in [0.2, 0.25) is 5.91 Å². The van der Waals surface area contributed by atoms with E-state index in [0.717, 1.165) is 18.4 Å². The third kappa shape index (κ3) is 5.15. The molecule has 1 aliphatic heterocycles. The number of likely N-dealkylation sites (tertiary alicyclic amines) is 1. The molecule has 11 nitrogen and oxygen atoms in total. The number of nitrogen functional groups attached to an aromatic ring is 1. The highest BCUT2D eigenvalue weighted by molar-refractivity contribution is 7.74. The van der Waals surface area contributed by atoms with E-state index < -0.39 is 11.4 Å². The van der Waals surface area contributed by atoms with Gasteiger partial charge in [0.1, 0.15) is 35.1 Å². The second-order valence-corrected chi connectivity index (χ2v) is 9.03. The summed E-state index contributed by atoms with van der Waals surface area (Å²) in [5.74, 6) is 1.60. The van der Waals surface area contributed by atoms with E-state index >= 15 is 0 Å². The van der Waals surface area contributed by atoms with Crippen molar-refractivity contribution in [1.82, 2.24) is 24.6 Å². The fourth-order valence-electron chi connectivity index (χ4n) is 4.40. The first-order valence-electron chi connectivity index (χ1n) is 11.5. The van der Waals surface area contributed by atoms with E-state index in [4.69, 9.17) is 24.3 Å². The molecule has 4 aromatic rings. The van der Waals surface area contributed by atoms with Crippen LogP contribution in [0, 0.1) is 0 Å². The van der Waals surface area contributed by atoms with Gasteiger partial charge in [-0.1, -0.05) is 6.58 Å². The van der Waals surface area contributed by atoms with Crippen molar-refractivity contribution in [2.24, 2.45) is 0 Å². The predicted octanol–water partition coefficient (Wildman–Crippen LogP) is 3.73. The van der Waals surface area contributed by atoms with Gasteiger partial charge >= 0.3 is 11.4 Å². The number of amides is 1. The minimum Gasteiger partial charge on any atom is -0.457 e. The normalized spacial score (nSPS) is 16.4. The van der Waals surface area contributed by atoms with Gasteiger partial charge in [0.15, 0.2) is 5.65 Å². The summed E-state index contributed by atoms with van der Waals surface area (Å²) in [6.07, 6.45) is 4.45. The van der Waals surface area contributed by atoms with Gasteiger partial charge in [-0.15, -0.1) is 0 Å². The third-order valence-electron chi connectivity index (χ3n) is 6.10. The van der Waals surface area contributed by atoms with Gasteiger partial charge in [-0.25, -0.2) is 14.6 Å². The lowest BCUT2D eigenvalue weighted by molar-refractivity contribution is -0.127. The molecule has 0 bridgehead atoms. The Morgan fingerprint density at radius 3 is 2.46 bits per heavy atom. The molecule has 12 heteroatoms. The van der Waals surface area contributed by atoms with E-state index in [9.17, 15) is 9.00 Å². The fraction of sp³-hybridized carbons (Fsp3) is 0.200. The maximum atomic E-state index is 12.2. The maximum Gasteiger partial charge on any atom is 0.357 e. The number of benzene rings is 2. The summed E-state index contributed by atoms with van der Waals surface area (Å²) >= 11 is -2.39. The molecule has 5 rings (SSSR count). The topological polar surface area (TPSA) is 146 Å². The summed E-state index contributed by atoms with van der Waals surface area (Å²) < 4.78 is 32.0. The van der Waals surface area contributed by atoms with Gasteiger partial charge in [0.05, 0.1) is 11.4 Å². The fourth-order valence-corrected chi connectivity index (χ4v) is 4.67. The minimum absolute atomic E-state index is 0.0546. The van der Waals surface area contributed by atoms with Gasteiger partial charge in [-0.2, -0.15) is 9.31 Å². The van der Waals surface area contributed by atoms with Gasteiger partial charge < -0.3 is 19.6 Å². The minimum atomic E-state index is -2.39. The van der Waals surface area contributed by atoms with Crippen molar-refractivity contribution < 1.29 is 22.5 Å². The van der Waals surface area contributed by atoms with Crippen LogP contribution in [0.15, 0.2) is 67.5 Å². The van der Waals surface area contributed by atoms with Crippen molar-refractivity contribution in [3.05, 3.63) is 67.5 Å². The summed E-state index contributed by atoms with van der Waals surface area (Å²) in [6, 6.07) is 13.6. The number of rotatable bonds is 7. The van der Waals surface area contributed by atoms with Crippen LogP contribution in [-0.4, -0.2) is 52.4 Å². The molecule has 1 saturated heterocycles. The van der Waals surface area contributed by atoms with Crippen LogP contribution < -0.4 is 14.7 Å². The van der Waals surface area contributed by atoms with Crippen LogP contribution in [0.5, 0.6) is 17.2 Å². The molecule has 1 amide bonds. The highest BCUT2D eigenvalue weighted by Crippen LogP contribution is 2.35.